The third-order valence-electron chi connectivity index (χ3n) is 5.20. The first-order valence-electron chi connectivity index (χ1n) is 10.9. The van der Waals surface area contributed by atoms with Crippen molar-refractivity contribution in [3.63, 3.8) is 0 Å². The largest absolute Gasteiger partial charge is 0.484 e. The van der Waals surface area contributed by atoms with Crippen molar-refractivity contribution in [1.29, 1.82) is 0 Å². The van der Waals surface area contributed by atoms with Gasteiger partial charge in [-0.25, -0.2) is 4.98 Å². The van der Waals surface area contributed by atoms with Crippen molar-refractivity contribution in [3.05, 3.63) is 76.8 Å². The molecule has 8 heteroatoms. The molecule has 1 amide bonds. The lowest BCUT2D eigenvalue weighted by Gasteiger charge is -2.34. The van der Waals surface area contributed by atoms with E-state index in [9.17, 15) is 9.59 Å². The summed E-state index contributed by atoms with van der Waals surface area (Å²) in [6, 6.07) is 15.9. The van der Waals surface area contributed by atoms with Crippen molar-refractivity contribution < 1.29 is 19.1 Å². The number of anilines is 1. The van der Waals surface area contributed by atoms with Crippen molar-refractivity contribution >= 4 is 28.2 Å². The normalized spacial score (nSPS) is 18.6. The second-order valence-electron chi connectivity index (χ2n) is 8.15. The molecule has 1 saturated heterocycles. The van der Waals surface area contributed by atoms with Gasteiger partial charge in [-0.15, -0.1) is 11.3 Å². The summed E-state index contributed by atoms with van der Waals surface area (Å²) in [7, 11) is 0. The van der Waals surface area contributed by atoms with Crippen LogP contribution in [0.2, 0.25) is 0 Å². The number of carbonyl (C=O) groups is 2. The van der Waals surface area contributed by atoms with Crippen LogP contribution in [-0.4, -0.2) is 53.5 Å². The number of ketones is 1. The summed E-state index contributed by atoms with van der Waals surface area (Å²) >= 11 is 1.40. The van der Waals surface area contributed by atoms with Crippen molar-refractivity contribution in [2.75, 3.05) is 25.0 Å². The third kappa shape index (κ3) is 6.47. The molecule has 1 fully saturated rings. The van der Waals surface area contributed by atoms with Crippen LogP contribution in [0, 0.1) is 0 Å². The number of amides is 1. The zero-order chi connectivity index (χ0) is 23.2. The van der Waals surface area contributed by atoms with Gasteiger partial charge in [0, 0.05) is 36.1 Å². The molecule has 1 aliphatic rings. The minimum Gasteiger partial charge on any atom is -0.484 e. The van der Waals surface area contributed by atoms with Crippen molar-refractivity contribution in [3.8, 4) is 5.75 Å². The molecule has 172 valence electrons. The molecule has 2 heterocycles. The second-order valence-corrected chi connectivity index (χ2v) is 9.01. The lowest BCUT2D eigenvalue weighted by Crippen LogP contribution is -2.44. The van der Waals surface area contributed by atoms with Crippen molar-refractivity contribution in [1.82, 2.24) is 9.88 Å². The predicted molar refractivity (Wildman–Crippen MR) is 128 cm³/mol. The van der Waals surface area contributed by atoms with E-state index in [0.29, 0.717) is 22.0 Å². The average molecular weight is 466 g/mol. The number of carbonyl (C=O) groups excluding carboxylic acids is 2. The van der Waals surface area contributed by atoms with E-state index >= 15 is 0 Å². The summed E-state index contributed by atoms with van der Waals surface area (Å²) in [4.78, 5) is 31.6. The van der Waals surface area contributed by atoms with Gasteiger partial charge in [-0.3, -0.25) is 19.8 Å². The Morgan fingerprint density at radius 1 is 1.06 bits per heavy atom. The lowest BCUT2D eigenvalue weighted by molar-refractivity contribution is -0.118. The van der Waals surface area contributed by atoms with Crippen LogP contribution in [0.1, 0.15) is 35.5 Å². The van der Waals surface area contributed by atoms with Gasteiger partial charge < -0.3 is 9.47 Å². The fourth-order valence-electron chi connectivity index (χ4n) is 3.84. The molecule has 0 bridgehead atoms. The summed E-state index contributed by atoms with van der Waals surface area (Å²) in [6.07, 6.45) is 0.406. The maximum atomic E-state index is 12.5. The first-order valence-corrected chi connectivity index (χ1v) is 11.8. The Kier molecular flexibility index (Phi) is 7.49. The van der Waals surface area contributed by atoms with Crippen LogP contribution in [0.3, 0.4) is 0 Å². The Morgan fingerprint density at radius 2 is 1.73 bits per heavy atom. The molecule has 2 aromatic carbocycles. The highest BCUT2D eigenvalue weighted by atomic mass is 32.1. The number of hydrogen-bond acceptors (Lipinski definition) is 7. The van der Waals surface area contributed by atoms with E-state index in [-0.39, 0.29) is 30.5 Å². The number of rotatable bonds is 8. The molecule has 1 aliphatic heterocycles. The molecule has 0 radical (unpaired) electrons. The Bertz CT molecular complexity index is 1070. The zero-order valence-corrected chi connectivity index (χ0v) is 19.5. The minimum atomic E-state index is -0.283. The summed E-state index contributed by atoms with van der Waals surface area (Å²) in [6.45, 7) is 6.47. The fourth-order valence-corrected chi connectivity index (χ4v) is 4.56. The molecular weight excluding hydrogens is 438 g/mol. The first kappa shape index (κ1) is 23.1. The standard InChI is InChI=1S/C25H27N3O4S/c1-17-12-28(13-18(2)32-17)14-21-16-33-25(26-21)27-23(29)15-31-22-10-8-20(9-11-22)24(30)19-6-4-3-5-7-19/h3-11,16-18H,12-15H2,1-2H3,(H,26,27,29). The molecular formula is C25H27N3O4S. The molecule has 4 rings (SSSR count). The van der Waals surface area contributed by atoms with E-state index in [0.717, 1.165) is 25.3 Å². The summed E-state index contributed by atoms with van der Waals surface area (Å²) in [5, 5.41) is 5.30. The third-order valence-corrected chi connectivity index (χ3v) is 6.01. The van der Waals surface area contributed by atoms with E-state index < -0.39 is 0 Å². The van der Waals surface area contributed by atoms with Crippen LogP contribution < -0.4 is 10.1 Å². The monoisotopic (exact) mass is 465 g/mol. The lowest BCUT2D eigenvalue weighted by atomic mass is 10.0. The van der Waals surface area contributed by atoms with Gasteiger partial charge in [-0.2, -0.15) is 0 Å². The van der Waals surface area contributed by atoms with Gasteiger partial charge in [0.15, 0.2) is 17.5 Å². The van der Waals surface area contributed by atoms with Gasteiger partial charge in [0.05, 0.1) is 17.9 Å². The van der Waals surface area contributed by atoms with Gasteiger partial charge in [0.2, 0.25) is 0 Å². The van der Waals surface area contributed by atoms with Gasteiger partial charge in [-0.05, 0) is 38.1 Å². The van der Waals surface area contributed by atoms with Crippen molar-refractivity contribution in [2.45, 2.75) is 32.6 Å². The van der Waals surface area contributed by atoms with E-state index in [1.54, 1.807) is 36.4 Å². The Morgan fingerprint density at radius 3 is 2.42 bits per heavy atom. The number of ether oxygens (including phenoxy) is 2. The molecule has 0 spiro atoms. The van der Waals surface area contributed by atoms with Crippen LogP contribution >= 0.6 is 11.3 Å². The maximum absolute atomic E-state index is 12.5. The summed E-state index contributed by atoms with van der Waals surface area (Å²) in [5.41, 5.74) is 2.12. The SMILES string of the molecule is CC1CN(Cc2csc(NC(=O)COc3ccc(C(=O)c4ccccc4)cc3)n2)CC(C)O1. The van der Waals surface area contributed by atoms with E-state index in [1.165, 1.54) is 11.3 Å². The number of thiazole rings is 1. The maximum Gasteiger partial charge on any atom is 0.264 e. The van der Waals surface area contributed by atoms with Gasteiger partial charge in [0.1, 0.15) is 5.75 Å². The van der Waals surface area contributed by atoms with Crippen LogP contribution in [0.15, 0.2) is 60.0 Å². The second kappa shape index (κ2) is 10.7. The number of nitrogens with zero attached hydrogens (tertiary/aromatic N) is 2. The summed E-state index contributed by atoms with van der Waals surface area (Å²) < 4.78 is 11.3. The smallest absolute Gasteiger partial charge is 0.264 e. The number of morpholine rings is 1. The molecule has 2 unspecified atom stereocenters. The van der Waals surface area contributed by atoms with Crippen LogP contribution in [-0.2, 0) is 16.1 Å². The van der Waals surface area contributed by atoms with E-state index in [2.05, 4.69) is 29.0 Å². The molecule has 3 aromatic rings. The molecule has 33 heavy (non-hydrogen) atoms. The topological polar surface area (TPSA) is 80.8 Å². The molecule has 0 aliphatic carbocycles. The van der Waals surface area contributed by atoms with Gasteiger partial charge >= 0.3 is 0 Å². The molecule has 1 N–H and O–H groups in total. The van der Waals surface area contributed by atoms with E-state index in [1.807, 2.05) is 23.6 Å². The number of nitrogens with one attached hydrogen (secondary N) is 1. The zero-order valence-electron chi connectivity index (χ0n) is 18.7. The average Bonchev–Trinajstić information content (AvgIpc) is 3.24. The Balaban J connectivity index is 1.25. The van der Waals surface area contributed by atoms with E-state index in [4.69, 9.17) is 9.47 Å². The van der Waals surface area contributed by atoms with Gasteiger partial charge in [-0.1, -0.05) is 30.3 Å². The van der Waals surface area contributed by atoms with Crippen LogP contribution in [0.5, 0.6) is 5.75 Å². The highest BCUT2D eigenvalue weighted by Gasteiger charge is 2.22. The first-order chi connectivity index (χ1) is 16.0. The molecule has 0 saturated carbocycles. The minimum absolute atomic E-state index is 0.0551. The Hall–Kier alpha value is -3.07. The van der Waals surface area contributed by atoms with Crippen LogP contribution in [0.25, 0.3) is 0 Å². The highest BCUT2D eigenvalue weighted by molar-refractivity contribution is 7.13. The molecule has 2 atom stereocenters. The predicted octanol–water partition coefficient (Wildman–Crippen LogP) is 4.00. The highest BCUT2D eigenvalue weighted by Crippen LogP contribution is 2.20. The quantitative estimate of drug-likeness (QED) is 0.507. The van der Waals surface area contributed by atoms with Gasteiger partial charge in [0.25, 0.3) is 5.91 Å². The van der Waals surface area contributed by atoms with Crippen molar-refractivity contribution in [2.24, 2.45) is 0 Å². The number of benzene rings is 2. The number of aromatic nitrogens is 1. The summed E-state index contributed by atoms with van der Waals surface area (Å²) in [5.74, 6) is 0.180. The number of hydrogen-bond donors (Lipinski definition) is 1. The van der Waals surface area contributed by atoms with Crippen LogP contribution in [0.4, 0.5) is 5.13 Å². The molecule has 7 nitrogen and oxygen atoms in total. The Labute approximate surface area is 197 Å². The fraction of sp³-hybridized carbons (Fsp3) is 0.320. The molecule has 1 aromatic heterocycles.